The third-order valence-electron chi connectivity index (χ3n) is 1.93. The first-order chi connectivity index (χ1) is 6.98. The van der Waals surface area contributed by atoms with Crippen molar-refractivity contribution in [2.45, 2.75) is 4.75 Å². The summed E-state index contributed by atoms with van der Waals surface area (Å²) >= 11 is 0. The van der Waals surface area contributed by atoms with E-state index >= 15 is 0 Å². The standard InChI is InChI=1S/C9H7O5S.Na.H/c10-6-9(7-11,15(12,13)14)8-4-2-1-3-5-8;;/h1-6H,(H,12,13,14);;. The Morgan fingerprint density at radius 1 is 1.25 bits per heavy atom. The Kier molecular flexibility index (Phi) is 5.51. The summed E-state index contributed by atoms with van der Waals surface area (Å²) in [5.74, 6) is 0. The Morgan fingerprint density at radius 2 is 1.75 bits per heavy atom. The van der Waals surface area contributed by atoms with E-state index in [4.69, 9.17) is 4.55 Å². The van der Waals surface area contributed by atoms with Gasteiger partial charge in [0.05, 0.1) is 0 Å². The van der Waals surface area contributed by atoms with Crippen LogP contribution in [-0.4, -0.2) is 55.1 Å². The number of aldehydes is 1. The van der Waals surface area contributed by atoms with Gasteiger partial charge in [-0.25, -0.2) is 0 Å². The molecule has 16 heavy (non-hydrogen) atoms. The van der Waals surface area contributed by atoms with Crippen molar-refractivity contribution in [2.75, 3.05) is 0 Å². The molecule has 0 aliphatic heterocycles. The second-order valence-electron chi connectivity index (χ2n) is 2.80. The SMILES string of the molecule is O=[C]C(C=O)(c1ccccc1)S(=O)(=O)O.[NaH]. The minimum absolute atomic E-state index is 0. The molecule has 0 saturated heterocycles. The first-order valence-electron chi connectivity index (χ1n) is 3.86. The molecule has 0 fully saturated rings. The number of benzene rings is 1. The van der Waals surface area contributed by atoms with Crippen molar-refractivity contribution in [1.82, 2.24) is 0 Å². The summed E-state index contributed by atoms with van der Waals surface area (Å²) in [6.07, 6.45) is 0.917. The van der Waals surface area contributed by atoms with Crippen molar-refractivity contribution in [1.29, 1.82) is 0 Å². The van der Waals surface area contributed by atoms with E-state index < -0.39 is 14.9 Å². The van der Waals surface area contributed by atoms with Gasteiger partial charge in [-0.1, -0.05) is 30.3 Å². The third kappa shape index (κ3) is 2.58. The van der Waals surface area contributed by atoms with E-state index in [1.54, 1.807) is 6.07 Å². The Hall–Kier alpha value is -0.530. The second kappa shape index (κ2) is 5.70. The molecule has 0 amide bonds. The molecule has 1 aromatic carbocycles. The number of carbonyl (C=O) groups excluding carboxylic acids is 2. The second-order valence-corrected chi connectivity index (χ2v) is 4.39. The summed E-state index contributed by atoms with van der Waals surface area (Å²) in [6.45, 7) is 0. The summed E-state index contributed by atoms with van der Waals surface area (Å²) in [6, 6.07) is 6.94. The van der Waals surface area contributed by atoms with Gasteiger partial charge in [0.1, 0.15) is 0 Å². The molecule has 1 radical (unpaired) electrons. The maximum absolute atomic E-state index is 11.0. The van der Waals surface area contributed by atoms with Crippen molar-refractivity contribution in [3.8, 4) is 0 Å². The fourth-order valence-electron chi connectivity index (χ4n) is 1.10. The van der Waals surface area contributed by atoms with Crippen molar-refractivity contribution < 1.29 is 22.6 Å². The molecule has 5 nitrogen and oxygen atoms in total. The fraction of sp³-hybridized carbons (Fsp3) is 0.111. The Bertz CT molecular complexity index is 460. The quantitative estimate of drug-likeness (QED) is 0.335. The van der Waals surface area contributed by atoms with Gasteiger partial charge in [0.2, 0.25) is 11.0 Å². The molecule has 0 heterocycles. The van der Waals surface area contributed by atoms with Crippen LogP contribution in [0.1, 0.15) is 5.56 Å². The fourth-order valence-corrected chi connectivity index (χ4v) is 1.76. The van der Waals surface area contributed by atoms with Crippen molar-refractivity contribution in [2.24, 2.45) is 0 Å². The van der Waals surface area contributed by atoms with Gasteiger partial charge in [-0.3, -0.25) is 9.35 Å². The van der Waals surface area contributed by atoms with Gasteiger partial charge >= 0.3 is 29.6 Å². The van der Waals surface area contributed by atoms with E-state index in [0.29, 0.717) is 0 Å². The molecule has 1 aromatic rings. The van der Waals surface area contributed by atoms with Crippen molar-refractivity contribution in [3.05, 3.63) is 35.9 Å². The molecule has 0 aromatic heterocycles. The zero-order chi connectivity index (χ0) is 11.5. The molecule has 0 bridgehead atoms. The van der Waals surface area contributed by atoms with Gasteiger partial charge < -0.3 is 4.79 Å². The summed E-state index contributed by atoms with van der Waals surface area (Å²) in [7, 11) is -4.87. The topological polar surface area (TPSA) is 88.5 Å². The van der Waals surface area contributed by atoms with E-state index in [2.05, 4.69) is 0 Å². The monoisotopic (exact) mass is 251 g/mol. The zero-order valence-electron chi connectivity index (χ0n) is 7.45. The Morgan fingerprint density at radius 3 is 2.06 bits per heavy atom. The van der Waals surface area contributed by atoms with E-state index in [-0.39, 0.29) is 41.4 Å². The van der Waals surface area contributed by atoms with E-state index in [9.17, 15) is 18.0 Å². The third-order valence-corrected chi connectivity index (χ3v) is 3.16. The van der Waals surface area contributed by atoms with Crippen LogP contribution < -0.4 is 0 Å². The molecular formula is C9H8NaO5S. The molecule has 1 atom stereocenters. The predicted octanol–water partition coefficient (Wildman–Crippen LogP) is -0.570. The summed E-state index contributed by atoms with van der Waals surface area (Å²) < 4.78 is 28.2. The molecule has 7 heteroatoms. The molecule has 1 rings (SSSR count). The normalized spacial score (nSPS) is 11.3. The van der Waals surface area contributed by atoms with Crippen LogP contribution in [0.5, 0.6) is 0 Å². The van der Waals surface area contributed by atoms with Crippen molar-refractivity contribution in [3.63, 3.8) is 0 Å². The summed E-state index contributed by atoms with van der Waals surface area (Å²) in [5.41, 5.74) is -0.141. The first-order valence-corrected chi connectivity index (χ1v) is 5.30. The molecule has 1 unspecified atom stereocenters. The number of hydrogen-bond donors (Lipinski definition) is 1. The molecule has 0 saturated carbocycles. The summed E-state index contributed by atoms with van der Waals surface area (Å²) in [5, 5.41) is 0. The van der Waals surface area contributed by atoms with Crippen LogP contribution in [0.4, 0.5) is 0 Å². The van der Waals surface area contributed by atoms with Crippen LogP contribution in [0.15, 0.2) is 30.3 Å². The van der Waals surface area contributed by atoms with Gasteiger partial charge in [0, 0.05) is 0 Å². The molecular weight excluding hydrogens is 243 g/mol. The van der Waals surface area contributed by atoms with Gasteiger partial charge in [-0.15, -0.1) is 0 Å². The van der Waals surface area contributed by atoms with Gasteiger partial charge in [0.25, 0.3) is 10.1 Å². The van der Waals surface area contributed by atoms with Crippen LogP contribution in [0, 0.1) is 0 Å². The molecule has 81 valence electrons. The summed E-state index contributed by atoms with van der Waals surface area (Å²) in [4.78, 5) is 21.3. The molecule has 1 N–H and O–H groups in total. The minimum atomic E-state index is -4.87. The number of carbonyl (C=O) groups is 1. The van der Waals surface area contributed by atoms with E-state index in [1.807, 2.05) is 0 Å². The molecule has 0 aliphatic rings. The van der Waals surface area contributed by atoms with Crippen LogP contribution >= 0.6 is 0 Å². The average Bonchev–Trinajstić information content (AvgIpc) is 2.20. The van der Waals surface area contributed by atoms with Crippen LogP contribution in [-0.2, 0) is 24.5 Å². The van der Waals surface area contributed by atoms with E-state index in [1.165, 1.54) is 24.3 Å². The Balaban J connectivity index is 0.00000225. The number of rotatable bonds is 4. The van der Waals surface area contributed by atoms with Gasteiger partial charge in [-0.05, 0) is 5.56 Å². The van der Waals surface area contributed by atoms with Gasteiger partial charge in [0.15, 0.2) is 6.29 Å². The molecule has 0 aliphatic carbocycles. The average molecular weight is 251 g/mol. The Labute approximate surface area is 115 Å². The van der Waals surface area contributed by atoms with Crippen molar-refractivity contribution >= 4 is 52.2 Å². The van der Waals surface area contributed by atoms with Crippen LogP contribution in [0.2, 0.25) is 0 Å². The number of hydrogen-bond acceptors (Lipinski definition) is 4. The zero-order valence-corrected chi connectivity index (χ0v) is 8.27. The first kappa shape index (κ1) is 15.5. The van der Waals surface area contributed by atoms with E-state index in [0.717, 1.165) is 6.29 Å². The van der Waals surface area contributed by atoms with Gasteiger partial charge in [-0.2, -0.15) is 8.42 Å². The maximum atomic E-state index is 11.0. The van der Waals surface area contributed by atoms with Crippen LogP contribution in [0.3, 0.4) is 0 Å². The van der Waals surface area contributed by atoms with Crippen LogP contribution in [0.25, 0.3) is 0 Å². The molecule has 0 spiro atoms. The predicted molar refractivity (Wildman–Crippen MR) is 58.6 cm³/mol.